The Morgan fingerprint density at radius 2 is 1.90 bits per heavy atom. The van der Waals surface area contributed by atoms with Gasteiger partial charge in [0.2, 0.25) is 0 Å². The first kappa shape index (κ1) is 19.2. The van der Waals surface area contributed by atoms with Gasteiger partial charge in [0.05, 0.1) is 15.9 Å². The van der Waals surface area contributed by atoms with E-state index in [-0.39, 0.29) is 10.7 Å². The van der Waals surface area contributed by atoms with Crippen molar-refractivity contribution < 1.29 is 14.7 Å². The average Bonchev–Trinajstić information content (AvgIpc) is 3.00. The minimum atomic E-state index is -1.09. The van der Waals surface area contributed by atoms with E-state index in [0.29, 0.717) is 15.9 Å². The van der Waals surface area contributed by atoms with Gasteiger partial charge in [0, 0.05) is 24.4 Å². The van der Waals surface area contributed by atoms with Crippen molar-refractivity contribution in [2.24, 2.45) is 0 Å². The Bertz CT molecular complexity index is 1140. The first-order valence-electron chi connectivity index (χ1n) is 8.78. The first-order valence-corrected chi connectivity index (χ1v) is 10.0. The molecular formula is C21H15N3O3S2. The second-order valence-corrected chi connectivity index (χ2v) is 8.04. The number of benzene rings is 2. The van der Waals surface area contributed by atoms with E-state index in [1.807, 2.05) is 48.5 Å². The van der Waals surface area contributed by atoms with E-state index in [1.54, 1.807) is 18.5 Å². The topological polar surface area (TPSA) is 83.4 Å². The number of rotatable bonds is 5. The first-order chi connectivity index (χ1) is 14.0. The van der Waals surface area contributed by atoms with E-state index in [0.717, 1.165) is 22.9 Å². The van der Waals surface area contributed by atoms with Gasteiger partial charge in [-0.15, -0.1) is 0 Å². The number of carbonyl (C=O) groups is 2. The fourth-order valence-corrected chi connectivity index (χ4v) is 4.50. The molecule has 3 aromatic rings. The largest absolute Gasteiger partial charge is 0.480 e. The normalized spacial score (nSPS) is 16.6. The van der Waals surface area contributed by atoms with E-state index in [4.69, 9.17) is 12.2 Å². The van der Waals surface area contributed by atoms with Crippen LogP contribution in [0.25, 0.3) is 17.1 Å². The molecule has 1 amide bonds. The quantitative estimate of drug-likeness (QED) is 0.498. The third kappa shape index (κ3) is 3.90. The summed E-state index contributed by atoms with van der Waals surface area (Å²) in [6, 6.07) is 13.6. The minimum absolute atomic E-state index is 0.176. The molecule has 0 saturated carbocycles. The van der Waals surface area contributed by atoms with Gasteiger partial charge in [-0.05, 0) is 17.7 Å². The van der Waals surface area contributed by atoms with Crippen LogP contribution in [0.5, 0.6) is 0 Å². The van der Waals surface area contributed by atoms with Crippen LogP contribution in [0.3, 0.4) is 0 Å². The van der Waals surface area contributed by atoms with Crippen LogP contribution in [0.1, 0.15) is 11.1 Å². The summed E-state index contributed by atoms with van der Waals surface area (Å²) >= 11 is 6.45. The van der Waals surface area contributed by atoms with Crippen molar-refractivity contribution >= 4 is 57.3 Å². The fourth-order valence-electron chi connectivity index (χ4n) is 3.15. The fraction of sp³-hybridized carbons (Fsp3) is 0.0952. The van der Waals surface area contributed by atoms with E-state index >= 15 is 0 Å². The number of carboxylic acid groups (broad SMARTS) is 1. The van der Waals surface area contributed by atoms with Crippen molar-refractivity contribution in [3.05, 3.63) is 77.0 Å². The number of para-hydroxylation sites is 1. The summed E-state index contributed by atoms with van der Waals surface area (Å²) in [7, 11) is 0. The van der Waals surface area contributed by atoms with Crippen molar-refractivity contribution in [2.75, 3.05) is 0 Å². The SMILES string of the molecule is O=C(O)[C@H](Cc1ccccc1)N1C(=O)/C(=C/c2cccc3nccnc23)SC1=S. The van der Waals surface area contributed by atoms with Gasteiger partial charge in [-0.25, -0.2) is 4.79 Å². The summed E-state index contributed by atoms with van der Waals surface area (Å²) in [5, 5.41) is 9.75. The molecule has 1 N–H and O–H groups in total. The van der Waals surface area contributed by atoms with Crippen molar-refractivity contribution in [1.82, 2.24) is 14.9 Å². The van der Waals surface area contributed by atoms with Gasteiger partial charge in [0.1, 0.15) is 10.4 Å². The molecule has 0 bridgehead atoms. The van der Waals surface area contributed by atoms with Gasteiger partial charge in [0.15, 0.2) is 0 Å². The molecule has 2 aromatic carbocycles. The lowest BCUT2D eigenvalue weighted by Gasteiger charge is -2.23. The molecule has 6 nitrogen and oxygen atoms in total. The lowest BCUT2D eigenvalue weighted by atomic mass is 10.0. The molecule has 1 aliphatic heterocycles. The number of amides is 1. The van der Waals surface area contributed by atoms with Gasteiger partial charge in [-0.3, -0.25) is 19.7 Å². The Hall–Kier alpha value is -3.10. The molecule has 1 saturated heterocycles. The second kappa shape index (κ2) is 8.10. The minimum Gasteiger partial charge on any atom is -0.480 e. The number of hydrogen-bond donors (Lipinski definition) is 1. The van der Waals surface area contributed by atoms with Crippen LogP contribution in [0.4, 0.5) is 0 Å². The maximum Gasteiger partial charge on any atom is 0.327 e. The highest BCUT2D eigenvalue weighted by Gasteiger charge is 2.40. The van der Waals surface area contributed by atoms with Crippen LogP contribution in [0.2, 0.25) is 0 Å². The summed E-state index contributed by atoms with van der Waals surface area (Å²) < 4.78 is 0.232. The maximum absolute atomic E-state index is 13.0. The Labute approximate surface area is 176 Å². The Morgan fingerprint density at radius 3 is 2.66 bits per heavy atom. The number of aromatic nitrogens is 2. The number of thioether (sulfide) groups is 1. The van der Waals surface area contributed by atoms with E-state index in [9.17, 15) is 14.7 Å². The molecule has 1 aromatic heterocycles. The highest BCUT2D eigenvalue weighted by Crippen LogP contribution is 2.35. The Balaban J connectivity index is 1.67. The number of carbonyl (C=O) groups excluding carboxylic acids is 1. The molecule has 29 heavy (non-hydrogen) atoms. The summed E-state index contributed by atoms with van der Waals surface area (Å²) in [5.41, 5.74) is 2.93. The average molecular weight is 422 g/mol. The Morgan fingerprint density at radius 1 is 1.14 bits per heavy atom. The highest BCUT2D eigenvalue weighted by atomic mass is 32.2. The van der Waals surface area contributed by atoms with Gasteiger partial charge >= 0.3 is 5.97 Å². The number of aliphatic carboxylic acids is 1. The smallest absolute Gasteiger partial charge is 0.327 e. The third-order valence-corrected chi connectivity index (χ3v) is 5.84. The molecule has 0 spiro atoms. The molecule has 8 heteroatoms. The molecule has 0 aliphatic carbocycles. The molecule has 1 aliphatic rings. The Kier molecular flexibility index (Phi) is 5.37. The number of nitrogens with zero attached hydrogens (tertiary/aromatic N) is 3. The lowest BCUT2D eigenvalue weighted by molar-refractivity contribution is -0.145. The molecule has 2 heterocycles. The van der Waals surface area contributed by atoms with Gasteiger partial charge < -0.3 is 5.11 Å². The van der Waals surface area contributed by atoms with Crippen LogP contribution in [-0.2, 0) is 16.0 Å². The molecule has 4 rings (SSSR count). The van der Waals surface area contributed by atoms with Crippen LogP contribution in [-0.4, -0.2) is 42.2 Å². The molecule has 1 atom stereocenters. The van der Waals surface area contributed by atoms with E-state index < -0.39 is 17.9 Å². The summed E-state index contributed by atoms with van der Waals surface area (Å²) in [5.74, 6) is -1.51. The van der Waals surface area contributed by atoms with E-state index in [2.05, 4.69) is 9.97 Å². The van der Waals surface area contributed by atoms with Gasteiger partial charge in [-0.2, -0.15) is 0 Å². The number of carboxylic acids is 1. The number of fused-ring (bicyclic) bond motifs is 1. The van der Waals surface area contributed by atoms with Crippen molar-refractivity contribution in [1.29, 1.82) is 0 Å². The molecule has 0 radical (unpaired) electrons. The van der Waals surface area contributed by atoms with Crippen molar-refractivity contribution in [3.63, 3.8) is 0 Å². The molecular weight excluding hydrogens is 406 g/mol. The zero-order valence-corrected chi connectivity index (χ0v) is 16.7. The van der Waals surface area contributed by atoms with E-state index in [1.165, 1.54) is 4.90 Å². The van der Waals surface area contributed by atoms with Crippen LogP contribution < -0.4 is 0 Å². The lowest BCUT2D eigenvalue weighted by Crippen LogP contribution is -2.45. The van der Waals surface area contributed by atoms with Crippen LogP contribution >= 0.6 is 24.0 Å². The predicted molar refractivity (Wildman–Crippen MR) is 116 cm³/mol. The molecule has 0 unspecified atom stereocenters. The maximum atomic E-state index is 13.0. The molecule has 144 valence electrons. The zero-order chi connectivity index (χ0) is 20.4. The second-order valence-electron chi connectivity index (χ2n) is 6.37. The number of hydrogen-bond acceptors (Lipinski definition) is 6. The standard InChI is InChI=1S/C21H15N3O3S2/c25-19-17(12-14-7-4-8-15-18(14)23-10-9-22-15)29-21(28)24(19)16(20(26)27)11-13-5-2-1-3-6-13/h1-10,12,16H,11H2,(H,26,27)/b17-12-/t16-/m0/s1. The summed E-state index contributed by atoms with van der Waals surface area (Å²) in [6.45, 7) is 0. The van der Waals surface area contributed by atoms with Crippen molar-refractivity contribution in [3.8, 4) is 0 Å². The summed E-state index contributed by atoms with van der Waals surface area (Å²) in [4.78, 5) is 35.1. The summed E-state index contributed by atoms with van der Waals surface area (Å²) in [6.07, 6.45) is 5.06. The third-order valence-electron chi connectivity index (χ3n) is 4.51. The van der Waals surface area contributed by atoms with Crippen molar-refractivity contribution in [2.45, 2.75) is 12.5 Å². The monoisotopic (exact) mass is 421 g/mol. The van der Waals surface area contributed by atoms with Gasteiger partial charge in [-0.1, -0.05) is 66.4 Å². The predicted octanol–water partition coefficient (Wildman–Crippen LogP) is 3.53. The zero-order valence-electron chi connectivity index (χ0n) is 15.1. The number of thiocarbonyl (C=S) groups is 1. The van der Waals surface area contributed by atoms with Crippen LogP contribution in [0, 0.1) is 0 Å². The van der Waals surface area contributed by atoms with Gasteiger partial charge in [0.25, 0.3) is 5.91 Å². The molecule has 1 fully saturated rings. The van der Waals surface area contributed by atoms with Crippen LogP contribution in [0.15, 0.2) is 65.8 Å². The highest BCUT2D eigenvalue weighted by molar-refractivity contribution is 8.26.